The normalized spacial score (nSPS) is 14.0. The van der Waals surface area contributed by atoms with Crippen molar-refractivity contribution in [2.24, 2.45) is 0 Å². The quantitative estimate of drug-likeness (QED) is 0.443. The number of hydrogen-bond donors (Lipinski definition) is 0. The summed E-state index contributed by atoms with van der Waals surface area (Å²) in [6.07, 6.45) is 1.33. The van der Waals surface area contributed by atoms with Gasteiger partial charge in [-0.2, -0.15) is 5.10 Å². The molecule has 0 N–H and O–H groups in total. The Kier molecular flexibility index (Phi) is 7.90. The molecule has 1 saturated heterocycles. The number of amides is 1. The predicted molar refractivity (Wildman–Crippen MR) is 133 cm³/mol. The van der Waals surface area contributed by atoms with Gasteiger partial charge in [0.1, 0.15) is 18.2 Å². The molecule has 1 aromatic heterocycles. The first-order chi connectivity index (χ1) is 16.5. The van der Waals surface area contributed by atoms with Gasteiger partial charge in [0.2, 0.25) is 5.91 Å². The monoisotopic (exact) mass is 483 g/mol. The van der Waals surface area contributed by atoms with Crippen LogP contribution >= 0.6 is 11.6 Å². The second-order valence-electron chi connectivity index (χ2n) is 8.22. The molecule has 0 unspecified atom stereocenters. The summed E-state index contributed by atoms with van der Waals surface area (Å²) in [6, 6.07) is 17.1. The second-order valence-corrected chi connectivity index (χ2v) is 8.66. The van der Waals surface area contributed by atoms with Crippen LogP contribution in [-0.4, -0.2) is 57.9 Å². The van der Waals surface area contributed by atoms with E-state index in [0.717, 1.165) is 23.8 Å². The highest BCUT2D eigenvalue weighted by atomic mass is 35.5. The minimum Gasteiger partial charge on any atom is -0.492 e. The summed E-state index contributed by atoms with van der Waals surface area (Å²) in [5, 5.41) is 5.17. The zero-order chi connectivity index (χ0) is 23.9. The van der Waals surface area contributed by atoms with Gasteiger partial charge in [-0.1, -0.05) is 42.8 Å². The first-order valence-corrected chi connectivity index (χ1v) is 12.1. The largest absolute Gasteiger partial charge is 0.492 e. The number of rotatable bonds is 10. The standard InChI is InChI=1S/C25H30ClN5O3/c1-2-23-27-31(25(33)30(23)16-17-34-22-10-4-3-5-11-22)13-7-12-28-14-15-29(19-24(28)32)21-9-6-8-20(26)18-21/h3-6,8-11,18H,2,7,12-17,19H2,1H3. The van der Waals surface area contributed by atoms with Crippen LogP contribution in [0.15, 0.2) is 59.4 Å². The van der Waals surface area contributed by atoms with Crippen molar-refractivity contribution in [1.82, 2.24) is 19.2 Å². The zero-order valence-electron chi connectivity index (χ0n) is 19.4. The van der Waals surface area contributed by atoms with Crippen LogP contribution in [0.1, 0.15) is 19.2 Å². The minimum atomic E-state index is -0.134. The number of anilines is 1. The third-order valence-electron chi connectivity index (χ3n) is 5.93. The van der Waals surface area contributed by atoms with Crippen LogP contribution < -0.4 is 15.3 Å². The van der Waals surface area contributed by atoms with Crippen molar-refractivity contribution >= 4 is 23.2 Å². The Bertz CT molecular complexity index is 1160. The fraction of sp³-hybridized carbons (Fsp3) is 0.400. The number of aromatic nitrogens is 3. The van der Waals surface area contributed by atoms with E-state index >= 15 is 0 Å². The van der Waals surface area contributed by atoms with E-state index in [0.29, 0.717) is 57.2 Å². The van der Waals surface area contributed by atoms with Crippen molar-refractivity contribution in [3.05, 3.63) is 75.9 Å². The van der Waals surface area contributed by atoms with Gasteiger partial charge in [-0.05, 0) is 36.8 Å². The van der Waals surface area contributed by atoms with Crippen molar-refractivity contribution in [2.75, 3.05) is 37.7 Å². The third-order valence-corrected chi connectivity index (χ3v) is 6.17. The van der Waals surface area contributed by atoms with Crippen LogP contribution in [0, 0.1) is 0 Å². The number of carbonyl (C=O) groups excluding carboxylic acids is 1. The van der Waals surface area contributed by atoms with Crippen LogP contribution in [0.25, 0.3) is 0 Å². The first-order valence-electron chi connectivity index (χ1n) is 11.7. The lowest BCUT2D eigenvalue weighted by atomic mass is 10.2. The van der Waals surface area contributed by atoms with Gasteiger partial charge in [0, 0.05) is 43.3 Å². The summed E-state index contributed by atoms with van der Waals surface area (Å²) in [5.41, 5.74) is 0.826. The lowest BCUT2D eigenvalue weighted by Gasteiger charge is -2.35. The molecular weight excluding hydrogens is 454 g/mol. The maximum absolute atomic E-state index is 12.9. The molecule has 0 bridgehead atoms. The third kappa shape index (κ3) is 5.80. The molecule has 1 aliphatic rings. The molecule has 3 aromatic rings. The zero-order valence-corrected chi connectivity index (χ0v) is 20.2. The number of piperazine rings is 1. The molecule has 0 atom stereocenters. The smallest absolute Gasteiger partial charge is 0.346 e. The van der Waals surface area contributed by atoms with Gasteiger partial charge in [0.05, 0.1) is 13.1 Å². The van der Waals surface area contributed by atoms with Crippen molar-refractivity contribution in [3.63, 3.8) is 0 Å². The molecule has 180 valence electrons. The summed E-state index contributed by atoms with van der Waals surface area (Å²) in [6.45, 7) is 5.62. The Morgan fingerprint density at radius 2 is 1.82 bits per heavy atom. The van der Waals surface area contributed by atoms with Crippen LogP contribution in [0.2, 0.25) is 5.02 Å². The van der Waals surface area contributed by atoms with E-state index in [1.54, 1.807) is 4.57 Å². The SMILES string of the molecule is CCc1nn(CCCN2CCN(c3cccc(Cl)c3)CC2=O)c(=O)n1CCOc1ccccc1. The Hall–Kier alpha value is -3.26. The summed E-state index contributed by atoms with van der Waals surface area (Å²) >= 11 is 6.08. The molecule has 0 saturated carbocycles. The van der Waals surface area contributed by atoms with E-state index in [1.807, 2.05) is 71.3 Å². The number of halogens is 1. The number of nitrogens with zero attached hydrogens (tertiary/aromatic N) is 5. The van der Waals surface area contributed by atoms with Gasteiger partial charge in [-0.25, -0.2) is 9.48 Å². The number of aryl methyl sites for hydroxylation is 2. The van der Waals surface area contributed by atoms with Gasteiger partial charge in [0.15, 0.2) is 0 Å². The number of benzene rings is 2. The van der Waals surface area contributed by atoms with Crippen molar-refractivity contribution < 1.29 is 9.53 Å². The van der Waals surface area contributed by atoms with Gasteiger partial charge in [0.25, 0.3) is 0 Å². The topological polar surface area (TPSA) is 72.6 Å². The molecule has 4 rings (SSSR count). The second kappa shape index (κ2) is 11.2. The average molecular weight is 484 g/mol. The van der Waals surface area contributed by atoms with E-state index < -0.39 is 0 Å². The Morgan fingerprint density at radius 3 is 2.56 bits per heavy atom. The molecule has 9 heteroatoms. The highest BCUT2D eigenvalue weighted by Crippen LogP contribution is 2.21. The van der Waals surface area contributed by atoms with Crippen molar-refractivity contribution in [3.8, 4) is 5.75 Å². The van der Waals surface area contributed by atoms with E-state index in [1.165, 1.54) is 4.68 Å². The van der Waals surface area contributed by atoms with Gasteiger partial charge in [-0.3, -0.25) is 9.36 Å². The lowest BCUT2D eigenvalue weighted by molar-refractivity contribution is -0.131. The number of hydrogen-bond acceptors (Lipinski definition) is 5. The number of para-hydroxylation sites is 1. The van der Waals surface area contributed by atoms with E-state index in [9.17, 15) is 9.59 Å². The molecule has 8 nitrogen and oxygen atoms in total. The van der Waals surface area contributed by atoms with E-state index in [-0.39, 0.29) is 11.6 Å². The van der Waals surface area contributed by atoms with Gasteiger partial charge >= 0.3 is 5.69 Å². The Labute approximate surface area is 204 Å². The predicted octanol–water partition coefficient (Wildman–Crippen LogP) is 3.08. The number of ether oxygens (including phenoxy) is 1. The fourth-order valence-corrected chi connectivity index (χ4v) is 4.32. The summed E-state index contributed by atoms with van der Waals surface area (Å²) in [4.78, 5) is 29.4. The maximum atomic E-state index is 12.9. The molecular formula is C25H30ClN5O3. The van der Waals surface area contributed by atoms with Crippen molar-refractivity contribution in [1.29, 1.82) is 0 Å². The van der Waals surface area contributed by atoms with E-state index in [2.05, 4.69) is 5.10 Å². The molecule has 34 heavy (non-hydrogen) atoms. The average Bonchev–Trinajstić information content (AvgIpc) is 3.15. The van der Waals surface area contributed by atoms with E-state index in [4.69, 9.17) is 16.3 Å². The summed E-state index contributed by atoms with van der Waals surface area (Å²) in [7, 11) is 0. The van der Waals surface area contributed by atoms with Gasteiger partial charge in [-0.15, -0.1) is 0 Å². The maximum Gasteiger partial charge on any atom is 0.346 e. The molecule has 0 radical (unpaired) electrons. The minimum absolute atomic E-state index is 0.0800. The van der Waals surface area contributed by atoms with Crippen LogP contribution in [0.3, 0.4) is 0 Å². The highest BCUT2D eigenvalue weighted by molar-refractivity contribution is 6.30. The fourth-order valence-electron chi connectivity index (χ4n) is 4.14. The van der Waals surface area contributed by atoms with Crippen LogP contribution in [0.5, 0.6) is 5.75 Å². The lowest BCUT2D eigenvalue weighted by Crippen LogP contribution is -2.50. The molecule has 0 spiro atoms. The summed E-state index contributed by atoms with van der Waals surface area (Å²) < 4.78 is 8.93. The first kappa shape index (κ1) is 23.9. The molecule has 2 aromatic carbocycles. The molecule has 1 fully saturated rings. The van der Waals surface area contributed by atoms with Gasteiger partial charge < -0.3 is 14.5 Å². The molecule has 1 amide bonds. The van der Waals surface area contributed by atoms with Crippen molar-refractivity contribution in [2.45, 2.75) is 32.9 Å². The molecule has 0 aliphatic carbocycles. The Balaban J connectivity index is 1.28. The highest BCUT2D eigenvalue weighted by Gasteiger charge is 2.24. The van der Waals surface area contributed by atoms with Crippen LogP contribution in [-0.2, 0) is 24.3 Å². The summed E-state index contributed by atoms with van der Waals surface area (Å²) in [5.74, 6) is 1.60. The Morgan fingerprint density at radius 1 is 1.00 bits per heavy atom. The van der Waals surface area contributed by atoms with Crippen LogP contribution in [0.4, 0.5) is 5.69 Å². The number of carbonyl (C=O) groups is 1. The molecule has 2 heterocycles. The molecule has 1 aliphatic heterocycles.